The maximum absolute atomic E-state index is 13.4. The van der Waals surface area contributed by atoms with Crippen molar-refractivity contribution in [2.75, 3.05) is 56.7 Å². The molecule has 178 valence electrons. The number of benzene rings is 2. The van der Waals surface area contributed by atoms with Crippen LogP contribution in [0.1, 0.15) is 16.6 Å². The van der Waals surface area contributed by atoms with Crippen LogP contribution in [0.2, 0.25) is 0 Å². The molecule has 1 N–H and O–H groups in total. The van der Waals surface area contributed by atoms with Crippen molar-refractivity contribution in [1.82, 2.24) is 4.90 Å². The summed E-state index contributed by atoms with van der Waals surface area (Å²) in [6.07, 6.45) is 0. The standard InChI is InChI=1S/C26H29N3O4S/c1-3-28(18-24(30)27-20-9-11-21(32-2)12-10-20)25(31)23-17-22(19-7-5-4-6-8-19)26(34-23)29-13-15-33-16-14-29/h4-12,17H,3,13-16,18H2,1-2H3,(H,27,30). The molecule has 1 aliphatic heterocycles. The van der Waals surface area contributed by atoms with Gasteiger partial charge in [0.2, 0.25) is 5.91 Å². The highest BCUT2D eigenvalue weighted by Crippen LogP contribution is 2.39. The molecule has 0 bridgehead atoms. The highest BCUT2D eigenvalue weighted by atomic mass is 32.1. The van der Waals surface area contributed by atoms with Gasteiger partial charge < -0.3 is 24.6 Å². The molecule has 1 fully saturated rings. The molecule has 2 heterocycles. The van der Waals surface area contributed by atoms with Crippen LogP contribution in [-0.2, 0) is 9.53 Å². The molecule has 8 heteroatoms. The first-order valence-corrected chi connectivity index (χ1v) is 12.2. The van der Waals surface area contributed by atoms with Gasteiger partial charge in [0, 0.05) is 30.9 Å². The van der Waals surface area contributed by atoms with E-state index in [1.54, 1.807) is 36.3 Å². The first-order valence-electron chi connectivity index (χ1n) is 11.3. The van der Waals surface area contributed by atoms with E-state index in [0.717, 1.165) is 29.2 Å². The number of carbonyl (C=O) groups is 2. The van der Waals surface area contributed by atoms with Crippen LogP contribution in [0.5, 0.6) is 5.75 Å². The number of ether oxygens (including phenoxy) is 2. The second-order valence-electron chi connectivity index (χ2n) is 7.89. The van der Waals surface area contributed by atoms with E-state index >= 15 is 0 Å². The number of nitrogens with one attached hydrogen (secondary N) is 1. The summed E-state index contributed by atoms with van der Waals surface area (Å²) in [5.74, 6) is 0.328. The van der Waals surface area contributed by atoms with Gasteiger partial charge in [0.25, 0.3) is 5.91 Å². The van der Waals surface area contributed by atoms with E-state index in [9.17, 15) is 9.59 Å². The maximum atomic E-state index is 13.4. The Bertz CT molecular complexity index is 1110. The number of rotatable bonds is 8. The van der Waals surface area contributed by atoms with E-state index < -0.39 is 0 Å². The lowest BCUT2D eigenvalue weighted by Gasteiger charge is -2.28. The highest BCUT2D eigenvalue weighted by molar-refractivity contribution is 7.18. The Balaban J connectivity index is 1.52. The average Bonchev–Trinajstić information content (AvgIpc) is 3.34. The number of amides is 2. The Hall–Kier alpha value is -3.36. The van der Waals surface area contributed by atoms with Gasteiger partial charge in [-0.3, -0.25) is 9.59 Å². The van der Waals surface area contributed by atoms with Crippen LogP contribution in [0.15, 0.2) is 60.7 Å². The number of nitrogens with zero attached hydrogens (tertiary/aromatic N) is 2. The predicted molar refractivity (Wildman–Crippen MR) is 136 cm³/mol. The fourth-order valence-corrected chi connectivity index (χ4v) is 5.04. The number of hydrogen-bond acceptors (Lipinski definition) is 6. The first-order chi connectivity index (χ1) is 16.6. The van der Waals surface area contributed by atoms with Crippen LogP contribution < -0.4 is 15.0 Å². The molecule has 0 atom stereocenters. The largest absolute Gasteiger partial charge is 0.497 e. The second kappa shape index (κ2) is 11.2. The van der Waals surface area contributed by atoms with E-state index in [0.29, 0.717) is 36.1 Å². The molecule has 0 spiro atoms. The zero-order chi connectivity index (χ0) is 23.9. The van der Waals surface area contributed by atoms with E-state index in [-0.39, 0.29) is 18.4 Å². The first kappa shape index (κ1) is 23.8. The Kier molecular flexibility index (Phi) is 7.82. The molecule has 4 rings (SSSR count). The molecule has 0 radical (unpaired) electrons. The van der Waals surface area contributed by atoms with Crippen molar-refractivity contribution in [2.45, 2.75) is 6.92 Å². The number of hydrogen-bond donors (Lipinski definition) is 1. The summed E-state index contributed by atoms with van der Waals surface area (Å²) >= 11 is 1.48. The summed E-state index contributed by atoms with van der Waals surface area (Å²) in [6.45, 7) is 5.20. The van der Waals surface area contributed by atoms with Crippen LogP contribution in [0.4, 0.5) is 10.7 Å². The molecule has 34 heavy (non-hydrogen) atoms. The zero-order valence-electron chi connectivity index (χ0n) is 19.5. The summed E-state index contributed by atoms with van der Waals surface area (Å²) in [5, 5.41) is 3.92. The summed E-state index contributed by atoms with van der Waals surface area (Å²) in [6, 6.07) is 19.2. The lowest BCUT2D eigenvalue weighted by atomic mass is 10.1. The van der Waals surface area contributed by atoms with Crippen molar-refractivity contribution in [2.24, 2.45) is 0 Å². The minimum absolute atomic E-state index is 0.0210. The Morgan fingerprint density at radius 3 is 2.44 bits per heavy atom. The van der Waals surface area contributed by atoms with Gasteiger partial charge >= 0.3 is 0 Å². The maximum Gasteiger partial charge on any atom is 0.264 e. The number of anilines is 2. The van der Waals surface area contributed by atoms with Crippen molar-refractivity contribution in [3.8, 4) is 16.9 Å². The Morgan fingerprint density at radius 2 is 1.79 bits per heavy atom. The molecule has 2 amide bonds. The zero-order valence-corrected chi connectivity index (χ0v) is 20.3. The van der Waals surface area contributed by atoms with Crippen molar-refractivity contribution in [3.63, 3.8) is 0 Å². The van der Waals surface area contributed by atoms with Gasteiger partial charge in [-0.25, -0.2) is 0 Å². The van der Waals surface area contributed by atoms with Gasteiger partial charge in [-0.1, -0.05) is 30.3 Å². The molecule has 1 aliphatic rings. The van der Waals surface area contributed by atoms with Crippen LogP contribution >= 0.6 is 11.3 Å². The lowest BCUT2D eigenvalue weighted by molar-refractivity contribution is -0.116. The van der Waals surface area contributed by atoms with Crippen LogP contribution in [0.25, 0.3) is 11.1 Å². The van der Waals surface area contributed by atoms with Gasteiger partial charge in [-0.2, -0.15) is 0 Å². The molecule has 0 aliphatic carbocycles. The van der Waals surface area contributed by atoms with Gasteiger partial charge in [-0.15, -0.1) is 11.3 Å². The van der Waals surface area contributed by atoms with Crippen LogP contribution in [-0.4, -0.2) is 63.2 Å². The minimum Gasteiger partial charge on any atom is -0.497 e. The van der Waals surface area contributed by atoms with Gasteiger partial charge in [0.05, 0.1) is 30.2 Å². The Labute approximate surface area is 203 Å². The molecule has 1 aromatic heterocycles. The third-order valence-electron chi connectivity index (χ3n) is 5.68. The van der Waals surface area contributed by atoms with E-state index in [1.807, 2.05) is 31.2 Å². The number of thiophene rings is 1. The van der Waals surface area contributed by atoms with Crippen molar-refractivity contribution < 1.29 is 19.1 Å². The van der Waals surface area contributed by atoms with E-state index in [4.69, 9.17) is 9.47 Å². The topological polar surface area (TPSA) is 71.1 Å². The van der Waals surface area contributed by atoms with Gasteiger partial charge in [0.1, 0.15) is 12.3 Å². The van der Waals surface area contributed by atoms with Crippen LogP contribution in [0.3, 0.4) is 0 Å². The third-order valence-corrected chi connectivity index (χ3v) is 6.87. The smallest absolute Gasteiger partial charge is 0.264 e. The molecule has 3 aromatic rings. The summed E-state index contributed by atoms with van der Waals surface area (Å²) in [4.78, 5) is 30.6. The fraction of sp³-hybridized carbons (Fsp3) is 0.308. The highest BCUT2D eigenvalue weighted by Gasteiger charge is 2.25. The molecule has 2 aromatic carbocycles. The molecule has 0 saturated carbocycles. The van der Waals surface area contributed by atoms with E-state index in [1.165, 1.54) is 11.3 Å². The monoisotopic (exact) mass is 479 g/mol. The number of carbonyl (C=O) groups excluding carboxylic acids is 2. The Morgan fingerprint density at radius 1 is 1.09 bits per heavy atom. The normalized spacial score (nSPS) is 13.4. The van der Waals surface area contributed by atoms with Crippen LogP contribution in [0, 0.1) is 0 Å². The summed E-state index contributed by atoms with van der Waals surface area (Å²) in [5.41, 5.74) is 2.76. The predicted octanol–water partition coefficient (Wildman–Crippen LogP) is 4.36. The molecule has 7 nitrogen and oxygen atoms in total. The number of methoxy groups -OCH3 is 1. The van der Waals surface area contributed by atoms with Crippen molar-refractivity contribution in [1.29, 1.82) is 0 Å². The number of likely N-dealkylation sites (N-methyl/N-ethyl adjacent to an activating group) is 1. The average molecular weight is 480 g/mol. The minimum atomic E-state index is -0.242. The molecular weight excluding hydrogens is 450 g/mol. The van der Waals surface area contributed by atoms with Crippen molar-refractivity contribution >= 4 is 33.8 Å². The van der Waals surface area contributed by atoms with Gasteiger partial charge in [-0.05, 0) is 42.8 Å². The van der Waals surface area contributed by atoms with Gasteiger partial charge in [0.15, 0.2) is 0 Å². The summed E-state index contributed by atoms with van der Waals surface area (Å²) < 4.78 is 10.7. The molecule has 0 unspecified atom stereocenters. The second-order valence-corrected chi connectivity index (χ2v) is 8.92. The third kappa shape index (κ3) is 5.58. The molecular formula is C26H29N3O4S. The SMILES string of the molecule is CCN(CC(=O)Nc1ccc(OC)cc1)C(=O)c1cc(-c2ccccc2)c(N2CCOCC2)s1. The number of morpholine rings is 1. The summed E-state index contributed by atoms with van der Waals surface area (Å²) in [7, 11) is 1.59. The van der Waals surface area contributed by atoms with Crippen molar-refractivity contribution in [3.05, 3.63) is 65.5 Å². The van der Waals surface area contributed by atoms with E-state index in [2.05, 4.69) is 22.3 Å². The quantitative estimate of drug-likeness (QED) is 0.520. The lowest BCUT2D eigenvalue weighted by Crippen LogP contribution is -2.37. The molecule has 1 saturated heterocycles. The fourth-order valence-electron chi connectivity index (χ4n) is 3.84.